The molecule has 3 unspecified atom stereocenters. The fourth-order valence-corrected chi connectivity index (χ4v) is 2.45. The summed E-state index contributed by atoms with van der Waals surface area (Å²) in [5, 5.41) is 3.57. The lowest BCUT2D eigenvalue weighted by atomic mass is 10.0. The topological polar surface area (TPSA) is 30.5 Å². The van der Waals surface area contributed by atoms with Crippen molar-refractivity contribution >= 4 is 0 Å². The van der Waals surface area contributed by atoms with Crippen molar-refractivity contribution in [1.82, 2.24) is 5.32 Å². The molecule has 1 N–H and O–H groups in total. The first-order valence-corrected chi connectivity index (χ1v) is 7.14. The molecule has 0 amide bonds. The first-order chi connectivity index (χ1) is 8.26. The van der Waals surface area contributed by atoms with Gasteiger partial charge in [-0.3, -0.25) is 0 Å². The van der Waals surface area contributed by atoms with Crippen molar-refractivity contribution in [2.24, 2.45) is 0 Å². The molecule has 3 heteroatoms. The minimum Gasteiger partial charge on any atom is -0.382 e. The molecule has 0 aromatic heterocycles. The Morgan fingerprint density at radius 1 is 1.35 bits per heavy atom. The molecule has 0 radical (unpaired) electrons. The number of hydrogen-bond acceptors (Lipinski definition) is 3. The summed E-state index contributed by atoms with van der Waals surface area (Å²) in [7, 11) is 1.79. The number of methoxy groups -OCH3 is 1. The largest absolute Gasteiger partial charge is 0.382 e. The van der Waals surface area contributed by atoms with Crippen LogP contribution in [-0.2, 0) is 9.47 Å². The van der Waals surface area contributed by atoms with E-state index in [0.717, 1.165) is 19.6 Å². The van der Waals surface area contributed by atoms with E-state index in [1.807, 2.05) is 0 Å². The van der Waals surface area contributed by atoms with E-state index in [1.165, 1.54) is 32.1 Å². The van der Waals surface area contributed by atoms with Gasteiger partial charge in [0.2, 0.25) is 0 Å². The van der Waals surface area contributed by atoms with Gasteiger partial charge < -0.3 is 14.8 Å². The van der Waals surface area contributed by atoms with E-state index in [2.05, 4.69) is 19.2 Å². The van der Waals surface area contributed by atoms with Crippen LogP contribution in [0.15, 0.2) is 0 Å². The Kier molecular flexibility index (Phi) is 7.82. The Hall–Kier alpha value is -0.120. The van der Waals surface area contributed by atoms with Crippen molar-refractivity contribution in [3.05, 3.63) is 0 Å². The molecule has 0 aliphatic carbocycles. The van der Waals surface area contributed by atoms with Crippen LogP contribution in [0.3, 0.4) is 0 Å². The summed E-state index contributed by atoms with van der Waals surface area (Å²) in [6, 6.07) is 0.627. The maximum absolute atomic E-state index is 5.68. The van der Waals surface area contributed by atoms with E-state index in [4.69, 9.17) is 9.47 Å². The summed E-state index contributed by atoms with van der Waals surface area (Å²) in [6.07, 6.45) is 8.18. The van der Waals surface area contributed by atoms with Gasteiger partial charge in [0.1, 0.15) is 0 Å². The minimum atomic E-state index is 0.374. The van der Waals surface area contributed by atoms with E-state index in [1.54, 1.807) is 7.11 Å². The highest BCUT2D eigenvalue weighted by Crippen LogP contribution is 2.19. The van der Waals surface area contributed by atoms with Crippen LogP contribution in [0.2, 0.25) is 0 Å². The average molecular weight is 243 g/mol. The van der Waals surface area contributed by atoms with Gasteiger partial charge in [-0.15, -0.1) is 0 Å². The number of nitrogens with one attached hydrogen (secondary N) is 1. The SMILES string of the molecule is CCNC(CCC(C)OC)CCC1CCCO1. The van der Waals surface area contributed by atoms with E-state index in [0.29, 0.717) is 18.2 Å². The minimum absolute atomic E-state index is 0.374. The molecule has 0 saturated carbocycles. The summed E-state index contributed by atoms with van der Waals surface area (Å²) in [5.41, 5.74) is 0. The number of ether oxygens (including phenoxy) is 2. The fraction of sp³-hybridized carbons (Fsp3) is 1.00. The lowest BCUT2D eigenvalue weighted by Gasteiger charge is -2.21. The zero-order valence-electron chi connectivity index (χ0n) is 11.7. The molecule has 3 nitrogen and oxygen atoms in total. The molecule has 1 heterocycles. The molecule has 17 heavy (non-hydrogen) atoms. The quantitative estimate of drug-likeness (QED) is 0.675. The van der Waals surface area contributed by atoms with Crippen molar-refractivity contribution in [2.75, 3.05) is 20.3 Å². The van der Waals surface area contributed by atoms with Crippen LogP contribution >= 0.6 is 0 Å². The summed E-state index contributed by atoms with van der Waals surface area (Å²) in [4.78, 5) is 0. The maximum Gasteiger partial charge on any atom is 0.0576 e. The number of hydrogen-bond donors (Lipinski definition) is 1. The summed E-state index contributed by atoms with van der Waals surface area (Å²) in [6.45, 7) is 6.34. The average Bonchev–Trinajstić information content (AvgIpc) is 2.85. The molecule has 102 valence electrons. The van der Waals surface area contributed by atoms with Crippen molar-refractivity contribution < 1.29 is 9.47 Å². The molecule has 0 bridgehead atoms. The second-order valence-electron chi connectivity index (χ2n) is 5.09. The molecule has 0 spiro atoms. The molecule has 0 aromatic rings. The molecule has 1 fully saturated rings. The van der Waals surface area contributed by atoms with Crippen LogP contribution in [0, 0.1) is 0 Å². The highest BCUT2D eigenvalue weighted by Gasteiger charge is 2.17. The Labute approximate surface area is 106 Å². The van der Waals surface area contributed by atoms with Gasteiger partial charge in [-0.1, -0.05) is 6.92 Å². The molecule has 1 aliphatic rings. The molecule has 0 aromatic carbocycles. The zero-order valence-corrected chi connectivity index (χ0v) is 11.7. The first-order valence-electron chi connectivity index (χ1n) is 7.14. The first kappa shape index (κ1) is 14.9. The van der Waals surface area contributed by atoms with Crippen molar-refractivity contribution in [1.29, 1.82) is 0 Å². The molecular formula is C14H29NO2. The monoisotopic (exact) mass is 243 g/mol. The van der Waals surface area contributed by atoms with Crippen LogP contribution in [0.4, 0.5) is 0 Å². The Morgan fingerprint density at radius 2 is 2.18 bits per heavy atom. The van der Waals surface area contributed by atoms with Gasteiger partial charge in [-0.25, -0.2) is 0 Å². The predicted molar refractivity (Wildman–Crippen MR) is 71.4 cm³/mol. The lowest BCUT2D eigenvalue weighted by molar-refractivity contribution is 0.0936. The third-order valence-corrected chi connectivity index (χ3v) is 3.68. The zero-order chi connectivity index (χ0) is 12.5. The normalized spacial score (nSPS) is 23.8. The van der Waals surface area contributed by atoms with Gasteiger partial charge in [0.15, 0.2) is 0 Å². The number of rotatable bonds is 9. The second kappa shape index (κ2) is 8.90. The van der Waals surface area contributed by atoms with Crippen LogP contribution in [0.1, 0.15) is 52.4 Å². The van der Waals surface area contributed by atoms with Crippen LogP contribution < -0.4 is 5.32 Å². The highest BCUT2D eigenvalue weighted by atomic mass is 16.5. The van der Waals surface area contributed by atoms with E-state index < -0.39 is 0 Å². The lowest BCUT2D eigenvalue weighted by Crippen LogP contribution is -2.30. The van der Waals surface area contributed by atoms with Crippen LogP contribution in [0.25, 0.3) is 0 Å². The summed E-state index contributed by atoms with van der Waals surface area (Å²) in [5.74, 6) is 0. The van der Waals surface area contributed by atoms with Gasteiger partial charge in [0, 0.05) is 19.8 Å². The predicted octanol–water partition coefficient (Wildman–Crippen LogP) is 2.74. The molecule has 1 aliphatic heterocycles. The van der Waals surface area contributed by atoms with E-state index >= 15 is 0 Å². The van der Waals surface area contributed by atoms with Gasteiger partial charge in [-0.2, -0.15) is 0 Å². The van der Waals surface area contributed by atoms with Gasteiger partial charge in [-0.05, 0) is 52.0 Å². The smallest absolute Gasteiger partial charge is 0.0576 e. The summed E-state index contributed by atoms with van der Waals surface area (Å²) >= 11 is 0. The molecule has 1 rings (SSSR count). The Balaban J connectivity index is 2.16. The molecule has 1 saturated heterocycles. The molecular weight excluding hydrogens is 214 g/mol. The van der Waals surface area contributed by atoms with Gasteiger partial charge in [0.25, 0.3) is 0 Å². The third-order valence-electron chi connectivity index (χ3n) is 3.68. The Bertz CT molecular complexity index is 181. The van der Waals surface area contributed by atoms with Gasteiger partial charge >= 0.3 is 0 Å². The third kappa shape index (κ3) is 6.39. The second-order valence-corrected chi connectivity index (χ2v) is 5.09. The van der Waals surface area contributed by atoms with E-state index in [-0.39, 0.29) is 0 Å². The van der Waals surface area contributed by atoms with Crippen molar-refractivity contribution in [3.8, 4) is 0 Å². The van der Waals surface area contributed by atoms with Crippen LogP contribution in [-0.4, -0.2) is 38.5 Å². The van der Waals surface area contributed by atoms with Crippen molar-refractivity contribution in [2.45, 2.75) is 70.6 Å². The summed E-state index contributed by atoms with van der Waals surface area (Å²) < 4.78 is 11.0. The fourth-order valence-electron chi connectivity index (χ4n) is 2.45. The van der Waals surface area contributed by atoms with Crippen LogP contribution in [0.5, 0.6) is 0 Å². The highest BCUT2D eigenvalue weighted by molar-refractivity contribution is 4.72. The molecule has 3 atom stereocenters. The maximum atomic E-state index is 5.68. The Morgan fingerprint density at radius 3 is 2.76 bits per heavy atom. The van der Waals surface area contributed by atoms with Crippen molar-refractivity contribution in [3.63, 3.8) is 0 Å². The van der Waals surface area contributed by atoms with Gasteiger partial charge in [0.05, 0.1) is 12.2 Å². The standard InChI is InChI=1S/C14H29NO2/c1-4-15-13(8-7-12(2)16-3)9-10-14-6-5-11-17-14/h12-15H,4-11H2,1-3H3. The van der Waals surface area contributed by atoms with E-state index in [9.17, 15) is 0 Å².